The zero-order valence-electron chi connectivity index (χ0n) is 9.69. The number of hydrogen-bond donors (Lipinski definition) is 1. The van der Waals surface area contributed by atoms with E-state index >= 15 is 0 Å². The minimum atomic E-state index is 0.258. The molecule has 2 aromatic rings. The quantitative estimate of drug-likeness (QED) is 0.893. The van der Waals surface area contributed by atoms with E-state index in [0.717, 1.165) is 23.6 Å². The molecule has 0 aliphatic heterocycles. The molecule has 0 saturated heterocycles. The third-order valence-corrected chi connectivity index (χ3v) is 3.83. The van der Waals surface area contributed by atoms with Gasteiger partial charge in [-0.2, -0.15) is 0 Å². The number of hydrogen-bond acceptors (Lipinski definition) is 3. The van der Waals surface area contributed by atoms with E-state index in [9.17, 15) is 0 Å². The van der Waals surface area contributed by atoms with E-state index in [-0.39, 0.29) is 6.04 Å². The van der Waals surface area contributed by atoms with Crippen LogP contribution in [0, 0.1) is 0 Å². The van der Waals surface area contributed by atoms with Crippen molar-refractivity contribution in [2.24, 2.45) is 0 Å². The smallest absolute Gasteiger partial charge is 0.0637 e. The zero-order chi connectivity index (χ0) is 12.1. The summed E-state index contributed by atoms with van der Waals surface area (Å²) >= 11 is 7.97. The topological polar surface area (TPSA) is 24.9 Å². The van der Waals surface area contributed by atoms with Crippen LogP contribution in [-0.2, 0) is 6.42 Å². The molecule has 2 rings (SSSR count). The molecule has 17 heavy (non-hydrogen) atoms. The van der Waals surface area contributed by atoms with Gasteiger partial charge in [-0.3, -0.25) is 4.98 Å². The summed E-state index contributed by atoms with van der Waals surface area (Å²) in [5, 5.41) is 6.31. The van der Waals surface area contributed by atoms with Crippen LogP contribution in [0.3, 0.4) is 0 Å². The van der Waals surface area contributed by atoms with Crippen molar-refractivity contribution in [1.29, 1.82) is 0 Å². The predicted molar refractivity (Wildman–Crippen MR) is 73.7 cm³/mol. The first-order valence-corrected chi connectivity index (χ1v) is 6.92. The van der Waals surface area contributed by atoms with Crippen molar-refractivity contribution in [1.82, 2.24) is 10.3 Å². The minimum Gasteiger partial charge on any atom is -0.310 e. The first kappa shape index (κ1) is 12.6. The Morgan fingerprint density at radius 1 is 1.47 bits per heavy atom. The van der Waals surface area contributed by atoms with Gasteiger partial charge in [0.2, 0.25) is 0 Å². The van der Waals surface area contributed by atoms with Crippen molar-refractivity contribution in [3.63, 3.8) is 0 Å². The van der Waals surface area contributed by atoms with Gasteiger partial charge >= 0.3 is 0 Å². The SMILES string of the molecule is CCNC(Cc1cccs1)c1ccncc1Cl. The maximum absolute atomic E-state index is 6.20. The van der Waals surface area contributed by atoms with Crippen LogP contribution in [0.4, 0.5) is 0 Å². The lowest BCUT2D eigenvalue weighted by atomic mass is 10.0. The summed E-state index contributed by atoms with van der Waals surface area (Å²) in [6, 6.07) is 6.49. The standard InChI is InChI=1S/C13H15ClN2S/c1-2-16-13(8-10-4-3-7-17-10)11-5-6-15-9-12(11)14/h3-7,9,13,16H,2,8H2,1H3. The Morgan fingerprint density at radius 2 is 2.35 bits per heavy atom. The number of likely N-dealkylation sites (N-methyl/N-ethyl adjacent to an activating group) is 1. The van der Waals surface area contributed by atoms with Crippen molar-refractivity contribution in [3.8, 4) is 0 Å². The third kappa shape index (κ3) is 3.28. The zero-order valence-corrected chi connectivity index (χ0v) is 11.3. The molecule has 0 bridgehead atoms. The number of nitrogens with zero attached hydrogens (tertiary/aromatic N) is 1. The summed E-state index contributed by atoms with van der Waals surface area (Å²) in [5.74, 6) is 0. The van der Waals surface area contributed by atoms with Gasteiger partial charge in [-0.15, -0.1) is 11.3 Å². The lowest BCUT2D eigenvalue weighted by molar-refractivity contribution is 0.553. The molecule has 1 unspecified atom stereocenters. The molecule has 2 heterocycles. The fourth-order valence-corrected chi connectivity index (χ4v) is 2.84. The van der Waals surface area contributed by atoms with Crippen LogP contribution < -0.4 is 5.32 Å². The molecule has 2 aromatic heterocycles. The Kier molecular flexibility index (Phi) is 4.54. The number of rotatable bonds is 5. The van der Waals surface area contributed by atoms with Crippen molar-refractivity contribution in [2.75, 3.05) is 6.54 Å². The van der Waals surface area contributed by atoms with Crippen LogP contribution in [0.15, 0.2) is 36.0 Å². The van der Waals surface area contributed by atoms with Gasteiger partial charge < -0.3 is 5.32 Å². The van der Waals surface area contributed by atoms with Gasteiger partial charge in [0, 0.05) is 29.7 Å². The Labute approximate surface area is 111 Å². The van der Waals surface area contributed by atoms with Gasteiger partial charge in [-0.1, -0.05) is 24.6 Å². The molecule has 1 atom stereocenters. The maximum Gasteiger partial charge on any atom is 0.0637 e. The van der Waals surface area contributed by atoms with Gasteiger partial charge in [0.1, 0.15) is 0 Å². The molecule has 0 aliphatic carbocycles. The van der Waals surface area contributed by atoms with Crippen LogP contribution in [0.5, 0.6) is 0 Å². The van der Waals surface area contributed by atoms with Gasteiger partial charge in [0.25, 0.3) is 0 Å². The normalized spacial score (nSPS) is 12.6. The average Bonchev–Trinajstić information content (AvgIpc) is 2.82. The van der Waals surface area contributed by atoms with E-state index in [4.69, 9.17) is 11.6 Å². The predicted octanol–water partition coefficient (Wildman–Crippen LogP) is 3.69. The highest BCUT2D eigenvalue weighted by atomic mass is 35.5. The highest BCUT2D eigenvalue weighted by Crippen LogP contribution is 2.26. The van der Waals surface area contributed by atoms with Gasteiger partial charge in [-0.05, 0) is 29.6 Å². The molecule has 0 saturated carbocycles. The molecule has 0 spiro atoms. The monoisotopic (exact) mass is 266 g/mol. The van der Waals surface area contributed by atoms with Crippen LogP contribution in [0.2, 0.25) is 5.02 Å². The molecule has 2 nitrogen and oxygen atoms in total. The molecule has 0 radical (unpaired) electrons. The van der Waals surface area contributed by atoms with Crippen molar-refractivity contribution in [3.05, 3.63) is 51.4 Å². The highest BCUT2D eigenvalue weighted by Gasteiger charge is 2.14. The lowest BCUT2D eigenvalue weighted by Crippen LogP contribution is -2.23. The van der Waals surface area contributed by atoms with E-state index in [0.29, 0.717) is 0 Å². The van der Waals surface area contributed by atoms with E-state index in [1.807, 2.05) is 6.07 Å². The van der Waals surface area contributed by atoms with E-state index < -0.39 is 0 Å². The van der Waals surface area contributed by atoms with E-state index in [1.165, 1.54) is 4.88 Å². The molecule has 4 heteroatoms. The first-order chi connectivity index (χ1) is 8.31. The summed E-state index contributed by atoms with van der Waals surface area (Å²) in [6.07, 6.45) is 4.46. The summed E-state index contributed by atoms with van der Waals surface area (Å²) in [4.78, 5) is 5.39. The first-order valence-electron chi connectivity index (χ1n) is 5.66. The number of aromatic nitrogens is 1. The van der Waals surface area contributed by atoms with Crippen molar-refractivity contribution < 1.29 is 0 Å². The van der Waals surface area contributed by atoms with Crippen molar-refractivity contribution >= 4 is 22.9 Å². The van der Waals surface area contributed by atoms with Gasteiger partial charge in [0.05, 0.1) is 5.02 Å². The largest absolute Gasteiger partial charge is 0.310 e. The second-order valence-electron chi connectivity index (χ2n) is 3.79. The fraction of sp³-hybridized carbons (Fsp3) is 0.308. The van der Waals surface area contributed by atoms with Crippen LogP contribution in [0.25, 0.3) is 0 Å². The molecule has 90 valence electrons. The number of halogens is 1. The second-order valence-corrected chi connectivity index (χ2v) is 5.23. The number of pyridine rings is 1. The Morgan fingerprint density at radius 3 is 3.00 bits per heavy atom. The molecule has 0 amide bonds. The highest BCUT2D eigenvalue weighted by molar-refractivity contribution is 7.09. The van der Waals surface area contributed by atoms with Crippen molar-refractivity contribution in [2.45, 2.75) is 19.4 Å². The summed E-state index contributed by atoms with van der Waals surface area (Å²) in [7, 11) is 0. The molecule has 0 aromatic carbocycles. The van der Waals surface area contributed by atoms with Crippen LogP contribution in [-0.4, -0.2) is 11.5 Å². The Hall–Kier alpha value is -0.900. The fourth-order valence-electron chi connectivity index (χ4n) is 1.84. The molecule has 1 N–H and O–H groups in total. The molecule has 0 aliphatic rings. The Balaban J connectivity index is 2.20. The molecular weight excluding hydrogens is 252 g/mol. The molecule has 0 fully saturated rings. The molecular formula is C13H15ClN2S. The number of thiophene rings is 1. The summed E-state index contributed by atoms with van der Waals surface area (Å²) in [5.41, 5.74) is 1.12. The van der Waals surface area contributed by atoms with Crippen LogP contribution >= 0.6 is 22.9 Å². The number of nitrogens with one attached hydrogen (secondary N) is 1. The van der Waals surface area contributed by atoms with Gasteiger partial charge in [0.15, 0.2) is 0 Å². The van der Waals surface area contributed by atoms with E-state index in [1.54, 1.807) is 23.7 Å². The van der Waals surface area contributed by atoms with E-state index in [2.05, 4.69) is 34.7 Å². The summed E-state index contributed by atoms with van der Waals surface area (Å²) < 4.78 is 0. The third-order valence-electron chi connectivity index (χ3n) is 2.62. The minimum absolute atomic E-state index is 0.258. The van der Waals surface area contributed by atoms with Crippen LogP contribution in [0.1, 0.15) is 23.4 Å². The van der Waals surface area contributed by atoms with Gasteiger partial charge in [-0.25, -0.2) is 0 Å². The maximum atomic E-state index is 6.20. The summed E-state index contributed by atoms with van der Waals surface area (Å²) in [6.45, 7) is 3.03. The Bertz CT molecular complexity index is 456. The second kappa shape index (κ2) is 6.15. The lowest BCUT2D eigenvalue weighted by Gasteiger charge is -2.18. The average molecular weight is 267 g/mol.